The first-order valence-corrected chi connectivity index (χ1v) is 9.87. The molecule has 0 spiro atoms. The van der Waals surface area contributed by atoms with Crippen molar-refractivity contribution >= 4 is 45.8 Å². The van der Waals surface area contributed by atoms with E-state index >= 15 is 0 Å². The monoisotopic (exact) mass is 486 g/mol. The predicted octanol–water partition coefficient (Wildman–Crippen LogP) is 4.89. The molecule has 3 aromatic carbocycles. The molecule has 0 unspecified atom stereocenters. The van der Waals surface area contributed by atoms with Gasteiger partial charge < -0.3 is 10.2 Å². The number of rotatable bonds is 3. The Morgan fingerprint density at radius 1 is 0.964 bits per heavy atom. The molecule has 0 atom stereocenters. The topological polar surface area (TPSA) is 49.4 Å². The van der Waals surface area contributed by atoms with Crippen LogP contribution in [0.3, 0.4) is 0 Å². The number of nitrogens with one attached hydrogen (secondary N) is 1. The van der Waals surface area contributed by atoms with Crippen LogP contribution in [0.4, 0.5) is 15.8 Å². The maximum absolute atomic E-state index is 13.6. The Kier molecular flexibility index (Phi) is 5.13. The maximum Gasteiger partial charge on any atom is 0.258 e. The third kappa shape index (κ3) is 3.64. The van der Waals surface area contributed by atoms with Gasteiger partial charge in [0.05, 0.1) is 0 Å². The zero-order chi connectivity index (χ0) is 19.7. The predicted molar refractivity (Wildman–Crippen MR) is 115 cm³/mol. The van der Waals surface area contributed by atoms with Gasteiger partial charge in [-0.15, -0.1) is 0 Å². The molecule has 1 N–H and O–H groups in total. The second kappa shape index (κ2) is 7.71. The molecule has 4 nitrogen and oxygen atoms in total. The first-order valence-electron chi connectivity index (χ1n) is 8.79. The van der Waals surface area contributed by atoms with E-state index in [1.54, 1.807) is 41.3 Å². The van der Waals surface area contributed by atoms with E-state index in [1.165, 1.54) is 11.6 Å². The summed E-state index contributed by atoms with van der Waals surface area (Å²) in [6.07, 6.45) is 0.850. The van der Waals surface area contributed by atoms with Crippen LogP contribution in [0.25, 0.3) is 0 Å². The van der Waals surface area contributed by atoms with Gasteiger partial charge in [-0.3, -0.25) is 9.59 Å². The molecule has 3 aromatic rings. The van der Waals surface area contributed by atoms with E-state index in [1.807, 2.05) is 46.9 Å². The van der Waals surface area contributed by atoms with Crippen molar-refractivity contribution < 1.29 is 14.0 Å². The van der Waals surface area contributed by atoms with Crippen molar-refractivity contribution in [3.63, 3.8) is 0 Å². The standard InChI is InChI=1S/C22H16FIN2O2/c23-18-13-16(7-10-19(18)24)21(27)25-17-8-5-15(6-9-17)22(28)26-12-11-14-3-1-2-4-20(14)26/h1-10,13H,11-12H2,(H,25,27). The number of hydrogen-bond donors (Lipinski definition) is 1. The highest BCUT2D eigenvalue weighted by Crippen LogP contribution is 2.29. The summed E-state index contributed by atoms with van der Waals surface area (Å²) in [5.74, 6) is -0.898. The highest BCUT2D eigenvalue weighted by atomic mass is 127. The molecule has 1 heterocycles. The van der Waals surface area contributed by atoms with Gasteiger partial charge in [-0.1, -0.05) is 18.2 Å². The number of anilines is 2. The molecule has 1 aliphatic heterocycles. The van der Waals surface area contributed by atoms with Crippen LogP contribution < -0.4 is 10.2 Å². The maximum atomic E-state index is 13.6. The number of halogens is 2. The molecule has 0 aromatic heterocycles. The number of nitrogens with zero attached hydrogens (tertiary/aromatic N) is 1. The fraction of sp³-hybridized carbons (Fsp3) is 0.0909. The van der Waals surface area contributed by atoms with Gasteiger partial charge >= 0.3 is 0 Å². The van der Waals surface area contributed by atoms with Gasteiger partial charge in [0, 0.05) is 32.6 Å². The summed E-state index contributed by atoms with van der Waals surface area (Å²) in [7, 11) is 0. The van der Waals surface area contributed by atoms with E-state index < -0.39 is 11.7 Å². The average Bonchev–Trinajstić information content (AvgIpc) is 3.14. The molecule has 2 amide bonds. The molecule has 0 saturated heterocycles. The minimum absolute atomic E-state index is 0.0671. The first-order chi connectivity index (χ1) is 13.5. The van der Waals surface area contributed by atoms with E-state index in [2.05, 4.69) is 5.32 Å². The molecule has 28 heavy (non-hydrogen) atoms. The summed E-state index contributed by atoms with van der Waals surface area (Å²) in [4.78, 5) is 26.9. The summed E-state index contributed by atoms with van der Waals surface area (Å²) in [6, 6.07) is 19.0. The van der Waals surface area contributed by atoms with E-state index in [-0.39, 0.29) is 11.5 Å². The summed E-state index contributed by atoms with van der Waals surface area (Å²) in [5.41, 5.74) is 3.46. The van der Waals surface area contributed by atoms with Crippen molar-refractivity contribution in [1.29, 1.82) is 0 Å². The Morgan fingerprint density at radius 2 is 1.68 bits per heavy atom. The Labute approximate surface area is 175 Å². The summed E-state index contributed by atoms with van der Waals surface area (Å²) in [6.45, 7) is 0.662. The molecule has 0 radical (unpaired) electrons. The Hall–Kier alpha value is -2.74. The van der Waals surface area contributed by atoms with Gasteiger partial charge in [0.25, 0.3) is 11.8 Å². The normalized spacial score (nSPS) is 12.6. The van der Waals surface area contributed by atoms with Gasteiger partial charge in [0.2, 0.25) is 0 Å². The summed E-state index contributed by atoms with van der Waals surface area (Å²) in [5, 5.41) is 2.72. The number of fused-ring (bicyclic) bond motifs is 1. The lowest BCUT2D eigenvalue weighted by atomic mass is 10.1. The van der Waals surface area contributed by atoms with E-state index in [4.69, 9.17) is 0 Å². The molecule has 140 valence electrons. The van der Waals surface area contributed by atoms with Gasteiger partial charge in [0.15, 0.2) is 0 Å². The highest BCUT2D eigenvalue weighted by Gasteiger charge is 2.25. The first kappa shape index (κ1) is 18.6. The zero-order valence-corrected chi connectivity index (χ0v) is 16.9. The number of carbonyl (C=O) groups excluding carboxylic acids is 2. The van der Waals surface area contributed by atoms with Gasteiger partial charge in [-0.2, -0.15) is 0 Å². The highest BCUT2D eigenvalue weighted by molar-refractivity contribution is 14.1. The zero-order valence-electron chi connectivity index (χ0n) is 14.8. The van der Waals surface area contributed by atoms with Gasteiger partial charge in [-0.25, -0.2) is 4.39 Å². The Morgan fingerprint density at radius 3 is 2.43 bits per heavy atom. The van der Waals surface area contributed by atoms with Gasteiger partial charge in [-0.05, 0) is 83.1 Å². The van der Waals surface area contributed by atoms with Crippen molar-refractivity contribution in [3.8, 4) is 0 Å². The molecular weight excluding hydrogens is 470 g/mol. The molecule has 0 saturated carbocycles. The number of hydrogen-bond acceptors (Lipinski definition) is 2. The van der Waals surface area contributed by atoms with E-state index in [0.29, 0.717) is 21.4 Å². The van der Waals surface area contributed by atoms with Crippen LogP contribution in [0, 0.1) is 9.39 Å². The van der Waals surface area contributed by atoms with Crippen LogP contribution in [0.5, 0.6) is 0 Å². The van der Waals surface area contributed by atoms with Crippen molar-refractivity contribution in [2.24, 2.45) is 0 Å². The molecule has 0 aliphatic carbocycles. The van der Waals surface area contributed by atoms with Crippen LogP contribution in [-0.2, 0) is 6.42 Å². The van der Waals surface area contributed by atoms with Crippen LogP contribution in [0.15, 0.2) is 66.7 Å². The van der Waals surface area contributed by atoms with Crippen molar-refractivity contribution in [2.45, 2.75) is 6.42 Å². The lowest BCUT2D eigenvalue weighted by molar-refractivity contribution is 0.0988. The van der Waals surface area contributed by atoms with Gasteiger partial charge in [0.1, 0.15) is 5.82 Å². The molecule has 6 heteroatoms. The Bertz CT molecular complexity index is 1070. The van der Waals surface area contributed by atoms with Crippen LogP contribution in [0.1, 0.15) is 26.3 Å². The van der Waals surface area contributed by atoms with Crippen LogP contribution >= 0.6 is 22.6 Å². The molecule has 1 aliphatic rings. The van der Waals surface area contributed by atoms with Crippen molar-refractivity contribution in [1.82, 2.24) is 0 Å². The number of benzene rings is 3. The smallest absolute Gasteiger partial charge is 0.258 e. The SMILES string of the molecule is O=C(Nc1ccc(C(=O)N2CCc3ccccc32)cc1)c1ccc(I)c(F)c1. The molecule has 4 rings (SSSR count). The largest absolute Gasteiger partial charge is 0.322 e. The third-order valence-electron chi connectivity index (χ3n) is 4.70. The molecule has 0 bridgehead atoms. The molecule has 0 fully saturated rings. The third-order valence-corrected chi connectivity index (χ3v) is 5.58. The fourth-order valence-electron chi connectivity index (χ4n) is 3.24. The number of amides is 2. The summed E-state index contributed by atoms with van der Waals surface area (Å²) >= 11 is 1.87. The number of carbonyl (C=O) groups is 2. The minimum atomic E-state index is -0.430. The molecular formula is C22H16FIN2O2. The fourth-order valence-corrected chi connectivity index (χ4v) is 3.58. The number of para-hydroxylation sites is 1. The lowest BCUT2D eigenvalue weighted by Crippen LogP contribution is -2.28. The quantitative estimate of drug-likeness (QED) is 0.537. The second-order valence-corrected chi connectivity index (χ2v) is 7.66. The lowest BCUT2D eigenvalue weighted by Gasteiger charge is -2.17. The van der Waals surface area contributed by atoms with E-state index in [9.17, 15) is 14.0 Å². The van der Waals surface area contributed by atoms with Crippen LogP contribution in [0.2, 0.25) is 0 Å². The Balaban J connectivity index is 1.47. The minimum Gasteiger partial charge on any atom is -0.322 e. The second-order valence-electron chi connectivity index (χ2n) is 6.50. The van der Waals surface area contributed by atoms with E-state index in [0.717, 1.165) is 12.1 Å². The van der Waals surface area contributed by atoms with Crippen molar-refractivity contribution in [2.75, 3.05) is 16.8 Å². The van der Waals surface area contributed by atoms with Crippen LogP contribution in [-0.4, -0.2) is 18.4 Å². The summed E-state index contributed by atoms with van der Waals surface area (Å²) < 4.78 is 14.1. The van der Waals surface area contributed by atoms with Crippen molar-refractivity contribution in [3.05, 3.63) is 92.8 Å². The average molecular weight is 486 g/mol.